The molecule has 2 rings (SSSR count). The van der Waals surface area contributed by atoms with Gasteiger partial charge in [-0.1, -0.05) is 42.1 Å². The predicted octanol–water partition coefficient (Wildman–Crippen LogP) is -1.07. The number of hydrogen-bond donors (Lipinski definition) is 3. The summed E-state index contributed by atoms with van der Waals surface area (Å²) in [5, 5.41) is 4.62. The predicted molar refractivity (Wildman–Crippen MR) is 119 cm³/mol. The summed E-state index contributed by atoms with van der Waals surface area (Å²) in [5.74, 6) is -6.08. The number of nitrogens with one attached hydrogen (secondary N) is 2. The van der Waals surface area contributed by atoms with E-state index < -0.39 is 54.4 Å². The number of thioether (sulfide) groups is 1. The Bertz CT molecular complexity index is 953. The van der Waals surface area contributed by atoms with Gasteiger partial charge in [-0.05, 0) is 13.0 Å². The van der Waals surface area contributed by atoms with E-state index in [1.54, 1.807) is 30.3 Å². The van der Waals surface area contributed by atoms with Gasteiger partial charge in [0, 0.05) is 18.4 Å². The van der Waals surface area contributed by atoms with Gasteiger partial charge in [0.05, 0.1) is 18.8 Å². The smallest absolute Gasteiger partial charge is 0.343 e. The number of hydroxylamine groups is 2. The number of rotatable bonds is 12. The SMILES string of the molecule is NCCC(C(=O)CNC(=O)CNC(=O)CSC(=O)c1ccccc1)C(=O)ON1C(=O)CCC1=O. The molecule has 0 radical (unpaired) electrons. The van der Waals surface area contributed by atoms with Crippen LogP contribution in [0.4, 0.5) is 0 Å². The first-order chi connectivity index (χ1) is 16.2. The van der Waals surface area contributed by atoms with Crippen LogP contribution in [0, 0.1) is 5.92 Å². The van der Waals surface area contributed by atoms with Crippen LogP contribution in [0.5, 0.6) is 0 Å². The van der Waals surface area contributed by atoms with Crippen LogP contribution in [0.3, 0.4) is 0 Å². The fourth-order valence-electron chi connectivity index (χ4n) is 2.78. The molecular formula is C21H24N4O8S. The number of benzene rings is 1. The largest absolute Gasteiger partial charge is 0.347 e. The van der Waals surface area contributed by atoms with E-state index in [0.29, 0.717) is 10.6 Å². The third-order valence-corrected chi connectivity index (χ3v) is 5.47. The summed E-state index contributed by atoms with van der Waals surface area (Å²) in [6.07, 6.45) is -0.308. The van der Waals surface area contributed by atoms with Crippen molar-refractivity contribution in [3.05, 3.63) is 35.9 Å². The highest BCUT2D eigenvalue weighted by Crippen LogP contribution is 2.15. The lowest BCUT2D eigenvalue weighted by molar-refractivity contribution is -0.200. The molecule has 1 unspecified atom stereocenters. The van der Waals surface area contributed by atoms with Crippen molar-refractivity contribution in [3.63, 3.8) is 0 Å². The van der Waals surface area contributed by atoms with E-state index >= 15 is 0 Å². The van der Waals surface area contributed by atoms with Crippen molar-refractivity contribution in [2.24, 2.45) is 11.7 Å². The third-order valence-electron chi connectivity index (χ3n) is 4.57. The van der Waals surface area contributed by atoms with E-state index in [-0.39, 0.29) is 36.7 Å². The van der Waals surface area contributed by atoms with Crippen LogP contribution in [0.2, 0.25) is 0 Å². The number of carbonyl (C=O) groups excluding carboxylic acids is 7. The number of hydrogen-bond acceptors (Lipinski definition) is 10. The second-order valence-corrected chi connectivity index (χ2v) is 8.03. The molecule has 0 bridgehead atoms. The van der Waals surface area contributed by atoms with Crippen molar-refractivity contribution in [2.45, 2.75) is 19.3 Å². The van der Waals surface area contributed by atoms with Crippen LogP contribution in [0.15, 0.2) is 30.3 Å². The monoisotopic (exact) mass is 492 g/mol. The topological polar surface area (TPSA) is 182 Å². The lowest BCUT2D eigenvalue weighted by atomic mass is 10.0. The van der Waals surface area contributed by atoms with Crippen LogP contribution < -0.4 is 16.4 Å². The average molecular weight is 493 g/mol. The normalized spacial score (nSPS) is 13.9. The molecule has 1 heterocycles. The average Bonchev–Trinajstić information content (AvgIpc) is 3.15. The number of carbonyl (C=O) groups is 7. The van der Waals surface area contributed by atoms with Gasteiger partial charge in [-0.3, -0.25) is 28.8 Å². The van der Waals surface area contributed by atoms with Crippen molar-refractivity contribution < 1.29 is 38.4 Å². The van der Waals surface area contributed by atoms with Crippen molar-refractivity contribution >= 4 is 52.3 Å². The molecule has 1 aromatic rings. The lowest BCUT2D eigenvalue weighted by Gasteiger charge is -2.18. The summed E-state index contributed by atoms with van der Waals surface area (Å²) >= 11 is 0.781. The summed E-state index contributed by atoms with van der Waals surface area (Å²) in [5.41, 5.74) is 5.87. The molecule has 4 N–H and O–H groups in total. The Morgan fingerprint density at radius 2 is 1.59 bits per heavy atom. The first kappa shape index (κ1) is 26.7. The van der Waals surface area contributed by atoms with E-state index in [0.717, 1.165) is 11.8 Å². The van der Waals surface area contributed by atoms with Crippen molar-refractivity contribution in [3.8, 4) is 0 Å². The summed E-state index contributed by atoms with van der Waals surface area (Å²) in [6, 6.07) is 8.39. The molecule has 0 spiro atoms. The van der Waals surface area contributed by atoms with Crippen LogP contribution in [-0.2, 0) is 33.6 Å². The molecule has 1 aliphatic rings. The van der Waals surface area contributed by atoms with E-state index in [1.165, 1.54) is 0 Å². The second-order valence-electron chi connectivity index (χ2n) is 7.08. The molecule has 34 heavy (non-hydrogen) atoms. The van der Waals surface area contributed by atoms with Crippen molar-refractivity contribution in [2.75, 3.05) is 25.4 Å². The number of amides is 4. The van der Waals surface area contributed by atoms with Crippen LogP contribution >= 0.6 is 11.8 Å². The van der Waals surface area contributed by atoms with Crippen molar-refractivity contribution in [1.29, 1.82) is 0 Å². The molecule has 182 valence electrons. The Balaban J connectivity index is 1.74. The standard InChI is InChI=1S/C21H24N4O8S/c22-9-8-14(20(31)33-25-18(29)6-7-19(25)30)15(26)10-23-16(27)11-24-17(28)12-34-21(32)13-4-2-1-3-5-13/h1-5,14H,6-12,22H2,(H,23,27)(H,24,28). The molecule has 1 atom stereocenters. The van der Waals surface area contributed by atoms with Gasteiger partial charge in [-0.2, -0.15) is 0 Å². The van der Waals surface area contributed by atoms with E-state index in [1.807, 2.05) is 0 Å². The summed E-state index contributed by atoms with van der Waals surface area (Å²) in [7, 11) is 0. The summed E-state index contributed by atoms with van der Waals surface area (Å²) in [6.45, 7) is -1.07. The number of imide groups is 1. The van der Waals surface area contributed by atoms with Gasteiger partial charge in [0.25, 0.3) is 11.8 Å². The highest BCUT2D eigenvalue weighted by Gasteiger charge is 2.36. The summed E-state index contributed by atoms with van der Waals surface area (Å²) in [4.78, 5) is 88.3. The first-order valence-electron chi connectivity index (χ1n) is 10.3. The molecule has 1 fully saturated rings. The van der Waals surface area contributed by atoms with Crippen molar-refractivity contribution in [1.82, 2.24) is 15.7 Å². The highest BCUT2D eigenvalue weighted by molar-refractivity contribution is 8.14. The molecule has 1 aromatic carbocycles. The van der Waals surface area contributed by atoms with Gasteiger partial charge >= 0.3 is 5.97 Å². The molecule has 0 saturated carbocycles. The number of ketones is 1. The minimum absolute atomic E-state index is 0.0588. The fraction of sp³-hybridized carbons (Fsp3) is 0.381. The second kappa shape index (κ2) is 13.2. The Labute approximate surface area is 198 Å². The van der Waals surface area contributed by atoms with E-state index in [9.17, 15) is 33.6 Å². The Hall–Kier alpha value is -3.58. The van der Waals surface area contributed by atoms with Crippen LogP contribution in [0.1, 0.15) is 29.6 Å². The molecule has 4 amide bonds. The minimum Gasteiger partial charge on any atom is -0.347 e. The third kappa shape index (κ3) is 8.08. The van der Waals surface area contributed by atoms with Gasteiger partial charge in [0.15, 0.2) is 5.78 Å². The van der Waals surface area contributed by atoms with Gasteiger partial charge in [-0.15, -0.1) is 5.06 Å². The Morgan fingerprint density at radius 1 is 0.971 bits per heavy atom. The fourth-order valence-corrected chi connectivity index (χ4v) is 3.45. The van der Waals surface area contributed by atoms with Gasteiger partial charge in [0.2, 0.25) is 16.9 Å². The molecule has 12 nitrogen and oxygen atoms in total. The van der Waals surface area contributed by atoms with E-state index in [2.05, 4.69) is 10.6 Å². The number of Topliss-reactive ketones (excluding diaryl/α,β-unsaturated/α-hetero) is 1. The maximum absolute atomic E-state index is 12.4. The molecule has 13 heteroatoms. The molecular weight excluding hydrogens is 468 g/mol. The molecule has 1 aliphatic heterocycles. The maximum atomic E-state index is 12.4. The van der Waals surface area contributed by atoms with Crippen LogP contribution in [-0.4, -0.2) is 70.9 Å². The zero-order valence-corrected chi connectivity index (χ0v) is 18.9. The van der Waals surface area contributed by atoms with Gasteiger partial charge in [-0.25, -0.2) is 4.79 Å². The Kier molecular flexibility index (Phi) is 10.4. The zero-order valence-electron chi connectivity index (χ0n) is 18.1. The quantitative estimate of drug-likeness (QED) is 0.240. The zero-order chi connectivity index (χ0) is 25.1. The molecule has 0 aromatic heterocycles. The minimum atomic E-state index is -1.39. The number of nitrogens with zero attached hydrogens (tertiary/aromatic N) is 1. The van der Waals surface area contributed by atoms with Gasteiger partial charge < -0.3 is 21.2 Å². The molecule has 0 aliphatic carbocycles. The first-order valence-corrected chi connectivity index (χ1v) is 11.3. The highest BCUT2D eigenvalue weighted by atomic mass is 32.2. The summed E-state index contributed by atoms with van der Waals surface area (Å²) < 4.78 is 0. The lowest BCUT2D eigenvalue weighted by Crippen LogP contribution is -2.43. The van der Waals surface area contributed by atoms with Crippen LogP contribution in [0.25, 0.3) is 0 Å². The van der Waals surface area contributed by atoms with E-state index in [4.69, 9.17) is 10.6 Å². The Morgan fingerprint density at radius 3 is 2.21 bits per heavy atom. The molecule has 1 saturated heterocycles. The maximum Gasteiger partial charge on any atom is 0.343 e. The van der Waals surface area contributed by atoms with Gasteiger partial charge in [0.1, 0.15) is 5.92 Å². The number of nitrogens with two attached hydrogens (primary N) is 1.